The van der Waals surface area contributed by atoms with E-state index in [4.69, 9.17) is 4.74 Å². The molecule has 2 nitrogen and oxygen atoms in total. The van der Waals surface area contributed by atoms with Crippen LogP contribution in [0.2, 0.25) is 0 Å². The number of likely N-dealkylation sites (N-methyl/N-ethyl adjacent to an activating group) is 1. The number of hydrogen-bond donors (Lipinski definition) is 1. The molecule has 1 aromatic rings. The van der Waals surface area contributed by atoms with Crippen molar-refractivity contribution in [3.8, 4) is 0 Å². The molecule has 0 amide bonds. The SMILES string of the molecule is C=C(CC)CC(NCC)C1(c2ccccc2)CCOCC1. The van der Waals surface area contributed by atoms with Crippen LogP contribution in [0.1, 0.15) is 45.1 Å². The standard InChI is InChI=1S/C19H29NO/c1-4-16(3)15-18(20-5-2)19(11-13-21-14-12-19)17-9-7-6-8-10-17/h6-10,18,20H,3-5,11-15H2,1-2H3. The first-order valence-corrected chi connectivity index (χ1v) is 8.26. The van der Waals surface area contributed by atoms with Gasteiger partial charge in [-0.15, -0.1) is 0 Å². The number of hydrogen-bond acceptors (Lipinski definition) is 2. The van der Waals surface area contributed by atoms with E-state index in [0.29, 0.717) is 6.04 Å². The molecule has 1 fully saturated rings. The second-order valence-corrected chi connectivity index (χ2v) is 6.05. The average molecular weight is 287 g/mol. The van der Waals surface area contributed by atoms with Gasteiger partial charge in [-0.05, 0) is 37.8 Å². The fourth-order valence-corrected chi connectivity index (χ4v) is 3.49. The van der Waals surface area contributed by atoms with E-state index in [1.807, 2.05) is 0 Å². The van der Waals surface area contributed by atoms with Crippen molar-refractivity contribution in [3.63, 3.8) is 0 Å². The Morgan fingerprint density at radius 1 is 1.24 bits per heavy atom. The highest BCUT2D eigenvalue weighted by Crippen LogP contribution is 2.40. The fraction of sp³-hybridized carbons (Fsp3) is 0.579. The van der Waals surface area contributed by atoms with Crippen molar-refractivity contribution >= 4 is 0 Å². The van der Waals surface area contributed by atoms with Gasteiger partial charge in [0, 0.05) is 24.7 Å². The Morgan fingerprint density at radius 2 is 1.90 bits per heavy atom. The van der Waals surface area contributed by atoms with E-state index in [-0.39, 0.29) is 5.41 Å². The van der Waals surface area contributed by atoms with Gasteiger partial charge in [-0.25, -0.2) is 0 Å². The normalized spacial score (nSPS) is 19.1. The largest absolute Gasteiger partial charge is 0.381 e. The predicted octanol–water partition coefficient (Wildman–Crippen LogP) is 4.07. The van der Waals surface area contributed by atoms with Crippen LogP contribution in [0.3, 0.4) is 0 Å². The third-order valence-corrected chi connectivity index (χ3v) is 4.84. The summed E-state index contributed by atoms with van der Waals surface area (Å²) in [5, 5.41) is 3.74. The Morgan fingerprint density at radius 3 is 2.48 bits per heavy atom. The van der Waals surface area contributed by atoms with E-state index in [0.717, 1.165) is 45.4 Å². The molecule has 1 heterocycles. The van der Waals surface area contributed by atoms with Gasteiger partial charge in [0.2, 0.25) is 0 Å². The van der Waals surface area contributed by atoms with Crippen LogP contribution in [0.25, 0.3) is 0 Å². The van der Waals surface area contributed by atoms with Crippen molar-refractivity contribution in [1.82, 2.24) is 5.32 Å². The molecule has 0 aliphatic carbocycles. The van der Waals surface area contributed by atoms with Crippen molar-refractivity contribution in [2.24, 2.45) is 0 Å². The lowest BCUT2D eigenvalue weighted by atomic mass is 9.67. The minimum absolute atomic E-state index is 0.174. The quantitative estimate of drug-likeness (QED) is 0.763. The van der Waals surface area contributed by atoms with Crippen LogP contribution in [-0.4, -0.2) is 25.8 Å². The second kappa shape index (κ2) is 7.77. The van der Waals surface area contributed by atoms with E-state index in [1.165, 1.54) is 11.1 Å². The summed E-state index contributed by atoms with van der Waals surface area (Å²) in [6.07, 6.45) is 4.29. The van der Waals surface area contributed by atoms with Gasteiger partial charge in [0.1, 0.15) is 0 Å². The summed E-state index contributed by atoms with van der Waals surface area (Å²) in [4.78, 5) is 0. The number of rotatable bonds is 7. The molecule has 1 aliphatic rings. The highest BCUT2D eigenvalue weighted by Gasteiger charge is 2.41. The second-order valence-electron chi connectivity index (χ2n) is 6.05. The maximum atomic E-state index is 5.66. The summed E-state index contributed by atoms with van der Waals surface area (Å²) in [5.74, 6) is 0. The molecule has 2 heteroatoms. The summed E-state index contributed by atoms with van der Waals surface area (Å²) >= 11 is 0. The number of ether oxygens (including phenoxy) is 1. The number of nitrogens with one attached hydrogen (secondary N) is 1. The molecule has 0 radical (unpaired) electrons. The highest BCUT2D eigenvalue weighted by atomic mass is 16.5. The van der Waals surface area contributed by atoms with Crippen LogP contribution in [0.5, 0.6) is 0 Å². The smallest absolute Gasteiger partial charge is 0.0475 e. The van der Waals surface area contributed by atoms with Crippen LogP contribution in [-0.2, 0) is 10.2 Å². The van der Waals surface area contributed by atoms with Crippen molar-refractivity contribution in [2.75, 3.05) is 19.8 Å². The van der Waals surface area contributed by atoms with Crippen molar-refractivity contribution in [2.45, 2.75) is 51.0 Å². The maximum Gasteiger partial charge on any atom is 0.0475 e. The minimum Gasteiger partial charge on any atom is -0.381 e. The topological polar surface area (TPSA) is 21.3 Å². The molecule has 0 saturated carbocycles. The molecule has 0 spiro atoms. The third-order valence-electron chi connectivity index (χ3n) is 4.84. The van der Waals surface area contributed by atoms with Gasteiger partial charge in [-0.1, -0.05) is 56.3 Å². The van der Waals surface area contributed by atoms with Gasteiger partial charge in [0.15, 0.2) is 0 Å². The van der Waals surface area contributed by atoms with Gasteiger partial charge in [0.25, 0.3) is 0 Å². The summed E-state index contributed by atoms with van der Waals surface area (Å²) in [5.41, 5.74) is 2.96. The Hall–Kier alpha value is -1.12. The van der Waals surface area contributed by atoms with Gasteiger partial charge < -0.3 is 10.1 Å². The van der Waals surface area contributed by atoms with Gasteiger partial charge in [-0.3, -0.25) is 0 Å². The maximum absolute atomic E-state index is 5.66. The lowest BCUT2D eigenvalue weighted by molar-refractivity contribution is 0.0345. The lowest BCUT2D eigenvalue weighted by Crippen LogP contribution is -2.51. The zero-order chi connectivity index (χ0) is 15.1. The first-order chi connectivity index (χ1) is 10.2. The molecular weight excluding hydrogens is 258 g/mol. The zero-order valence-corrected chi connectivity index (χ0v) is 13.5. The first-order valence-electron chi connectivity index (χ1n) is 8.26. The van der Waals surface area contributed by atoms with Crippen LogP contribution in [0.15, 0.2) is 42.5 Å². The molecular formula is C19H29NO. The number of benzene rings is 1. The lowest BCUT2D eigenvalue weighted by Gasteiger charge is -2.45. The molecule has 116 valence electrons. The predicted molar refractivity (Wildman–Crippen MR) is 89.7 cm³/mol. The molecule has 1 unspecified atom stereocenters. The zero-order valence-electron chi connectivity index (χ0n) is 13.5. The molecule has 1 N–H and O–H groups in total. The van der Waals surface area contributed by atoms with Crippen LogP contribution in [0.4, 0.5) is 0 Å². The van der Waals surface area contributed by atoms with Crippen molar-refractivity contribution in [3.05, 3.63) is 48.0 Å². The Bertz CT molecular complexity index is 434. The van der Waals surface area contributed by atoms with Gasteiger partial charge in [-0.2, -0.15) is 0 Å². The summed E-state index contributed by atoms with van der Waals surface area (Å²) in [6, 6.07) is 11.4. The summed E-state index contributed by atoms with van der Waals surface area (Å²) in [7, 11) is 0. The molecule has 1 aromatic carbocycles. The average Bonchev–Trinajstić information content (AvgIpc) is 2.55. The summed E-state index contributed by atoms with van der Waals surface area (Å²) in [6.45, 7) is 11.3. The fourth-order valence-electron chi connectivity index (χ4n) is 3.49. The van der Waals surface area contributed by atoms with E-state index < -0.39 is 0 Å². The van der Waals surface area contributed by atoms with Crippen LogP contribution < -0.4 is 5.32 Å². The minimum atomic E-state index is 0.174. The monoisotopic (exact) mass is 287 g/mol. The summed E-state index contributed by atoms with van der Waals surface area (Å²) < 4.78 is 5.66. The van der Waals surface area contributed by atoms with Gasteiger partial charge >= 0.3 is 0 Å². The molecule has 1 aliphatic heterocycles. The Balaban J connectivity index is 2.34. The van der Waals surface area contributed by atoms with E-state index in [1.54, 1.807) is 0 Å². The van der Waals surface area contributed by atoms with Crippen LogP contribution >= 0.6 is 0 Å². The molecule has 1 atom stereocenters. The third kappa shape index (κ3) is 3.75. The van der Waals surface area contributed by atoms with Crippen LogP contribution in [0, 0.1) is 0 Å². The molecule has 0 bridgehead atoms. The molecule has 1 saturated heterocycles. The molecule has 21 heavy (non-hydrogen) atoms. The first kappa shape index (κ1) is 16.3. The Labute approximate surface area is 129 Å². The molecule has 0 aromatic heterocycles. The van der Waals surface area contributed by atoms with Gasteiger partial charge in [0.05, 0.1) is 0 Å². The van der Waals surface area contributed by atoms with Crippen molar-refractivity contribution < 1.29 is 4.74 Å². The highest BCUT2D eigenvalue weighted by molar-refractivity contribution is 5.29. The molecule has 2 rings (SSSR count). The van der Waals surface area contributed by atoms with Crippen molar-refractivity contribution in [1.29, 1.82) is 0 Å². The van der Waals surface area contributed by atoms with E-state index in [2.05, 4.69) is 56.1 Å². The van der Waals surface area contributed by atoms with E-state index >= 15 is 0 Å². The Kier molecular flexibility index (Phi) is 6.01. The van der Waals surface area contributed by atoms with E-state index in [9.17, 15) is 0 Å².